The topological polar surface area (TPSA) is 21.3 Å². The van der Waals surface area contributed by atoms with Crippen molar-refractivity contribution in [3.05, 3.63) is 53.8 Å². The van der Waals surface area contributed by atoms with Crippen molar-refractivity contribution in [1.29, 1.82) is 0 Å². The number of hydrogen-bond donors (Lipinski definition) is 1. The summed E-state index contributed by atoms with van der Waals surface area (Å²) in [6.07, 6.45) is 0. The molecule has 0 aliphatic carbocycles. The number of ether oxygens (including phenoxy) is 1. The van der Waals surface area contributed by atoms with Crippen LogP contribution in [-0.2, 0) is 6.54 Å². The minimum absolute atomic E-state index is 0.184. The molecule has 0 spiro atoms. The molecular weight excluding hydrogens is 253 g/mol. The van der Waals surface area contributed by atoms with Crippen molar-refractivity contribution in [2.45, 2.75) is 26.4 Å². The first-order chi connectivity index (χ1) is 9.61. The van der Waals surface area contributed by atoms with E-state index in [1.54, 1.807) is 13.2 Å². The van der Waals surface area contributed by atoms with Crippen LogP contribution in [0.5, 0.6) is 5.75 Å². The van der Waals surface area contributed by atoms with Crippen molar-refractivity contribution in [2.75, 3.05) is 7.11 Å². The molecule has 0 heterocycles. The summed E-state index contributed by atoms with van der Waals surface area (Å²) >= 11 is 0. The van der Waals surface area contributed by atoms with Gasteiger partial charge in [-0.2, -0.15) is 0 Å². The fraction of sp³-hybridized carbons (Fsp3) is 0.294. The van der Waals surface area contributed by atoms with Gasteiger partial charge in [-0.15, -0.1) is 0 Å². The lowest BCUT2D eigenvalue weighted by Crippen LogP contribution is -2.22. The van der Waals surface area contributed by atoms with Gasteiger partial charge in [0.15, 0.2) is 0 Å². The Kier molecular flexibility index (Phi) is 4.74. The Bertz CT molecular complexity index is 581. The molecule has 0 fully saturated rings. The molecule has 2 nitrogen and oxygen atoms in total. The third-order valence-corrected chi connectivity index (χ3v) is 3.16. The Morgan fingerprint density at radius 1 is 1.15 bits per heavy atom. The van der Waals surface area contributed by atoms with Crippen molar-refractivity contribution >= 4 is 0 Å². The minimum atomic E-state index is -0.184. The highest BCUT2D eigenvalue weighted by molar-refractivity contribution is 5.70. The van der Waals surface area contributed by atoms with Gasteiger partial charge in [-0.3, -0.25) is 0 Å². The molecule has 0 bridgehead atoms. The Labute approximate surface area is 119 Å². The standard InChI is InChI=1S/C17H20FNO/c1-12(2)19-11-14-10-13(8-9-16(14)18)15-6-4-5-7-17(15)20-3/h4-10,12,19H,11H2,1-3H3. The average Bonchev–Trinajstić information content (AvgIpc) is 2.46. The van der Waals surface area contributed by atoms with E-state index in [2.05, 4.69) is 5.32 Å². The molecule has 2 rings (SSSR count). The van der Waals surface area contributed by atoms with E-state index in [1.807, 2.05) is 44.2 Å². The Hall–Kier alpha value is -1.87. The van der Waals surface area contributed by atoms with Gasteiger partial charge in [-0.25, -0.2) is 4.39 Å². The summed E-state index contributed by atoms with van der Waals surface area (Å²) in [5.74, 6) is 0.610. The van der Waals surface area contributed by atoms with Crippen molar-refractivity contribution in [3.63, 3.8) is 0 Å². The summed E-state index contributed by atoms with van der Waals surface area (Å²) in [6, 6.07) is 13.3. The van der Waals surface area contributed by atoms with Crippen LogP contribution in [-0.4, -0.2) is 13.2 Å². The molecule has 0 atom stereocenters. The fourth-order valence-corrected chi connectivity index (χ4v) is 2.07. The Morgan fingerprint density at radius 3 is 2.60 bits per heavy atom. The lowest BCUT2D eigenvalue weighted by molar-refractivity contribution is 0.416. The second-order valence-corrected chi connectivity index (χ2v) is 5.04. The first kappa shape index (κ1) is 14.5. The highest BCUT2D eigenvalue weighted by Crippen LogP contribution is 2.30. The lowest BCUT2D eigenvalue weighted by Gasteiger charge is -2.12. The summed E-state index contributed by atoms with van der Waals surface area (Å²) in [7, 11) is 1.64. The van der Waals surface area contributed by atoms with Crippen LogP contribution >= 0.6 is 0 Å². The first-order valence-corrected chi connectivity index (χ1v) is 6.77. The van der Waals surface area contributed by atoms with Crippen LogP contribution < -0.4 is 10.1 Å². The van der Waals surface area contributed by atoms with Gasteiger partial charge in [0, 0.05) is 23.7 Å². The zero-order chi connectivity index (χ0) is 14.5. The van der Waals surface area contributed by atoms with Crippen LogP contribution in [0.3, 0.4) is 0 Å². The smallest absolute Gasteiger partial charge is 0.127 e. The SMILES string of the molecule is COc1ccccc1-c1ccc(F)c(CNC(C)C)c1. The Balaban J connectivity index is 2.35. The zero-order valence-electron chi connectivity index (χ0n) is 12.1. The summed E-state index contributed by atoms with van der Waals surface area (Å²) in [4.78, 5) is 0. The summed E-state index contributed by atoms with van der Waals surface area (Å²) in [5.41, 5.74) is 2.60. The Morgan fingerprint density at radius 2 is 1.90 bits per heavy atom. The van der Waals surface area contributed by atoms with Gasteiger partial charge in [0.1, 0.15) is 11.6 Å². The minimum Gasteiger partial charge on any atom is -0.496 e. The molecule has 0 amide bonds. The summed E-state index contributed by atoms with van der Waals surface area (Å²) < 4.78 is 19.2. The highest BCUT2D eigenvalue weighted by Gasteiger charge is 2.09. The van der Waals surface area contributed by atoms with E-state index in [0.717, 1.165) is 16.9 Å². The third kappa shape index (κ3) is 3.36. The predicted octanol–water partition coefficient (Wildman–Crippen LogP) is 4.00. The number of methoxy groups -OCH3 is 1. The molecule has 106 valence electrons. The van der Waals surface area contributed by atoms with E-state index in [0.29, 0.717) is 18.2 Å². The van der Waals surface area contributed by atoms with Crippen molar-refractivity contribution < 1.29 is 9.13 Å². The number of nitrogens with one attached hydrogen (secondary N) is 1. The van der Waals surface area contributed by atoms with Gasteiger partial charge in [-0.05, 0) is 23.8 Å². The van der Waals surface area contributed by atoms with E-state index < -0.39 is 0 Å². The maximum absolute atomic E-state index is 13.8. The van der Waals surface area contributed by atoms with Gasteiger partial charge in [-0.1, -0.05) is 38.1 Å². The van der Waals surface area contributed by atoms with Gasteiger partial charge in [0.25, 0.3) is 0 Å². The van der Waals surface area contributed by atoms with Crippen LogP contribution in [0, 0.1) is 5.82 Å². The zero-order valence-corrected chi connectivity index (χ0v) is 12.1. The van der Waals surface area contributed by atoms with Crippen LogP contribution in [0.2, 0.25) is 0 Å². The summed E-state index contributed by atoms with van der Waals surface area (Å²) in [6.45, 7) is 4.61. The molecule has 0 aliphatic heterocycles. The van der Waals surface area contributed by atoms with E-state index in [4.69, 9.17) is 4.74 Å². The largest absolute Gasteiger partial charge is 0.496 e. The average molecular weight is 273 g/mol. The van der Waals surface area contributed by atoms with Gasteiger partial charge < -0.3 is 10.1 Å². The molecule has 0 unspecified atom stereocenters. The maximum Gasteiger partial charge on any atom is 0.127 e. The quantitative estimate of drug-likeness (QED) is 0.889. The molecule has 0 radical (unpaired) electrons. The predicted molar refractivity (Wildman–Crippen MR) is 80.4 cm³/mol. The van der Waals surface area contributed by atoms with Crippen molar-refractivity contribution in [1.82, 2.24) is 5.32 Å². The highest BCUT2D eigenvalue weighted by atomic mass is 19.1. The lowest BCUT2D eigenvalue weighted by atomic mass is 10.0. The normalized spacial score (nSPS) is 10.8. The molecule has 0 saturated heterocycles. The third-order valence-electron chi connectivity index (χ3n) is 3.16. The fourth-order valence-electron chi connectivity index (χ4n) is 2.07. The molecule has 20 heavy (non-hydrogen) atoms. The molecule has 2 aromatic rings. The van der Waals surface area contributed by atoms with E-state index in [1.165, 1.54) is 6.07 Å². The van der Waals surface area contributed by atoms with Crippen LogP contribution in [0.25, 0.3) is 11.1 Å². The molecule has 3 heteroatoms. The molecule has 1 N–H and O–H groups in total. The monoisotopic (exact) mass is 273 g/mol. The van der Waals surface area contributed by atoms with E-state index in [-0.39, 0.29) is 5.82 Å². The molecule has 2 aromatic carbocycles. The van der Waals surface area contributed by atoms with Crippen LogP contribution in [0.15, 0.2) is 42.5 Å². The van der Waals surface area contributed by atoms with Gasteiger partial charge in [0.2, 0.25) is 0 Å². The number of para-hydroxylation sites is 1. The number of halogens is 1. The van der Waals surface area contributed by atoms with Crippen molar-refractivity contribution in [3.8, 4) is 16.9 Å². The van der Waals surface area contributed by atoms with Gasteiger partial charge in [0.05, 0.1) is 7.11 Å². The van der Waals surface area contributed by atoms with E-state index >= 15 is 0 Å². The second kappa shape index (κ2) is 6.53. The van der Waals surface area contributed by atoms with Crippen molar-refractivity contribution in [2.24, 2.45) is 0 Å². The molecule has 0 aliphatic rings. The van der Waals surface area contributed by atoms with Gasteiger partial charge >= 0.3 is 0 Å². The molecule has 0 saturated carbocycles. The molecule has 0 aromatic heterocycles. The van der Waals surface area contributed by atoms with E-state index in [9.17, 15) is 4.39 Å². The number of benzene rings is 2. The molecular formula is C17H20FNO. The first-order valence-electron chi connectivity index (χ1n) is 6.77. The number of rotatable bonds is 5. The summed E-state index contributed by atoms with van der Waals surface area (Å²) in [5, 5.41) is 3.24. The number of hydrogen-bond acceptors (Lipinski definition) is 2. The van der Waals surface area contributed by atoms with Crippen LogP contribution in [0.1, 0.15) is 19.4 Å². The second-order valence-electron chi connectivity index (χ2n) is 5.04. The maximum atomic E-state index is 13.8. The van der Waals surface area contributed by atoms with Crippen LogP contribution in [0.4, 0.5) is 4.39 Å².